The average Bonchev–Trinajstić information content (AvgIpc) is 3.00. The highest BCUT2D eigenvalue weighted by atomic mass is 16.5. The number of rotatable bonds is 7. The molecule has 1 atom stereocenters. The molecular formula is C18H22O6. The van der Waals surface area contributed by atoms with E-state index in [1.165, 1.54) is 27.4 Å². The van der Waals surface area contributed by atoms with Crippen molar-refractivity contribution in [2.24, 2.45) is 0 Å². The molecule has 6 heteroatoms. The van der Waals surface area contributed by atoms with Crippen molar-refractivity contribution in [1.82, 2.24) is 0 Å². The fraction of sp³-hybridized carbons (Fsp3) is 0.444. The van der Waals surface area contributed by atoms with Gasteiger partial charge in [-0.25, -0.2) is 0 Å². The maximum atomic E-state index is 12.8. The molecular weight excluding hydrogens is 312 g/mol. The third-order valence-electron chi connectivity index (χ3n) is 4.25. The predicted octanol–water partition coefficient (Wildman–Crippen LogP) is 2.43. The van der Waals surface area contributed by atoms with Crippen LogP contribution in [-0.4, -0.2) is 39.7 Å². The van der Waals surface area contributed by atoms with Gasteiger partial charge in [-0.3, -0.25) is 9.59 Å². The van der Waals surface area contributed by atoms with E-state index in [0.29, 0.717) is 42.1 Å². The molecule has 0 radical (unpaired) electrons. The quantitative estimate of drug-likeness (QED) is 0.433. The number of hydrogen-bond donors (Lipinski definition) is 0. The highest BCUT2D eigenvalue weighted by Gasteiger charge is 2.54. The molecule has 24 heavy (non-hydrogen) atoms. The van der Waals surface area contributed by atoms with E-state index in [1.807, 2.05) is 0 Å². The number of methoxy groups -OCH3 is 3. The fourth-order valence-corrected chi connectivity index (χ4v) is 3.13. The number of ether oxygens (including phenoxy) is 4. The van der Waals surface area contributed by atoms with Gasteiger partial charge in [-0.2, -0.15) is 0 Å². The summed E-state index contributed by atoms with van der Waals surface area (Å²) in [7, 11) is 4.46. The number of ketones is 1. The Labute approximate surface area is 141 Å². The maximum absolute atomic E-state index is 12.8. The minimum Gasteiger partial charge on any atom is -0.496 e. The second-order valence-corrected chi connectivity index (χ2v) is 5.48. The molecule has 0 spiro atoms. The molecule has 1 saturated carbocycles. The summed E-state index contributed by atoms with van der Waals surface area (Å²) in [6, 6.07) is 3.26. The van der Waals surface area contributed by atoms with E-state index in [1.54, 1.807) is 12.1 Å². The molecule has 0 saturated heterocycles. The number of Topliss-reactive ketones (excluding diaryl/α,β-unsaturated/α-hetero) is 1. The monoisotopic (exact) mass is 334 g/mol. The molecule has 1 unspecified atom stereocenters. The molecule has 0 heterocycles. The topological polar surface area (TPSA) is 71.1 Å². The van der Waals surface area contributed by atoms with Crippen molar-refractivity contribution >= 4 is 11.8 Å². The van der Waals surface area contributed by atoms with E-state index in [9.17, 15) is 9.59 Å². The summed E-state index contributed by atoms with van der Waals surface area (Å²) in [5, 5.41) is 0. The molecule has 130 valence electrons. The van der Waals surface area contributed by atoms with Gasteiger partial charge in [0.15, 0.2) is 11.2 Å². The fourth-order valence-electron chi connectivity index (χ4n) is 3.13. The Morgan fingerprint density at radius 3 is 2.25 bits per heavy atom. The zero-order valence-corrected chi connectivity index (χ0v) is 14.2. The summed E-state index contributed by atoms with van der Waals surface area (Å²) in [6.07, 6.45) is 2.72. The third kappa shape index (κ3) is 2.84. The maximum Gasteiger partial charge on any atom is 0.324 e. The first kappa shape index (κ1) is 17.8. The van der Waals surface area contributed by atoms with Crippen molar-refractivity contribution in [3.05, 3.63) is 30.4 Å². The molecule has 0 aliphatic heterocycles. The van der Waals surface area contributed by atoms with Gasteiger partial charge in [0.1, 0.15) is 23.9 Å². The van der Waals surface area contributed by atoms with Crippen molar-refractivity contribution in [2.45, 2.75) is 24.7 Å². The van der Waals surface area contributed by atoms with Crippen LogP contribution in [0.5, 0.6) is 17.2 Å². The summed E-state index contributed by atoms with van der Waals surface area (Å²) < 4.78 is 21.3. The van der Waals surface area contributed by atoms with Gasteiger partial charge in [-0.1, -0.05) is 12.7 Å². The minimum atomic E-state index is -1.42. The van der Waals surface area contributed by atoms with Gasteiger partial charge in [0.05, 0.1) is 26.9 Å². The SMILES string of the molecule is C=CCOC(=O)C1(c2c(OC)cc(OC)cc2OC)CCCC1=O. The summed E-state index contributed by atoms with van der Waals surface area (Å²) in [4.78, 5) is 25.5. The van der Waals surface area contributed by atoms with Crippen molar-refractivity contribution in [3.8, 4) is 17.2 Å². The Morgan fingerprint density at radius 1 is 1.21 bits per heavy atom. The lowest BCUT2D eigenvalue weighted by atomic mass is 9.76. The van der Waals surface area contributed by atoms with E-state index >= 15 is 0 Å². The van der Waals surface area contributed by atoms with Crippen LogP contribution in [0.3, 0.4) is 0 Å². The smallest absolute Gasteiger partial charge is 0.324 e. The highest BCUT2D eigenvalue weighted by molar-refractivity contribution is 6.12. The lowest BCUT2D eigenvalue weighted by molar-refractivity contribution is -0.152. The molecule has 2 rings (SSSR count). The van der Waals surface area contributed by atoms with E-state index < -0.39 is 11.4 Å². The second-order valence-electron chi connectivity index (χ2n) is 5.48. The van der Waals surface area contributed by atoms with Crippen LogP contribution in [0.4, 0.5) is 0 Å². The Balaban J connectivity index is 2.68. The summed E-state index contributed by atoms with van der Waals surface area (Å²) in [5.74, 6) is 0.423. The van der Waals surface area contributed by atoms with E-state index in [0.717, 1.165) is 0 Å². The average molecular weight is 334 g/mol. The molecule has 1 aromatic rings. The summed E-state index contributed by atoms with van der Waals surface area (Å²) >= 11 is 0. The van der Waals surface area contributed by atoms with Gasteiger partial charge in [-0.05, 0) is 12.8 Å². The number of hydrogen-bond acceptors (Lipinski definition) is 6. The van der Waals surface area contributed by atoms with Crippen molar-refractivity contribution in [3.63, 3.8) is 0 Å². The van der Waals surface area contributed by atoms with E-state index in [2.05, 4.69) is 6.58 Å². The summed E-state index contributed by atoms with van der Waals surface area (Å²) in [5.41, 5.74) is -1.03. The first-order valence-electron chi connectivity index (χ1n) is 7.67. The Hall–Kier alpha value is -2.50. The lowest BCUT2D eigenvalue weighted by Crippen LogP contribution is -2.42. The Kier molecular flexibility index (Phi) is 5.49. The standard InChI is InChI=1S/C18H22O6/c1-5-9-24-17(20)18(8-6-7-15(18)19)16-13(22-3)10-12(21-2)11-14(16)23-4/h5,10-11H,1,6-9H2,2-4H3. The van der Waals surface area contributed by atoms with E-state index in [4.69, 9.17) is 18.9 Å². The van der Waals surface area contributed by atoms with Crippen molar-refractivity contribution in [2.75, 3.05) is 27.9 Å². The van der Waals surface area contributed by atoms with Crippen LogP contribution in [0.1, 0.15) is 24.8 Å². The van der Waals surface area contributed by atoms with Crippen molar-refractivity contribution in [1.29, 1.82) is 0 Å². The van der Waals surface area contributed by atoms with Crippen LogP contribution < -0.4 is 14.2 Å². The molecule has 1 fully saturated rings. The molecule has 0 aromatic heterocycles. The van der Waals surface area contributed by atoms with Crippen LogP contribution in [0.15, 0.2) is 24.8 Å². The molecule has 1 aliphatic rings. The first-order chi connectivity index (χ1) is 11.5. The van der Waals surface area contributed by atoms with Gasteiger partial charge in [-0.15, -0.1) is 0 Å². The van der Waals surface area contributed by atoms with Crippen LogP contribution in [-0.2, 0) is 19.7 Å². The van der Waals surface area contributed by atoms with E-state index in [-0.39, 0.29) is 12.4 Å². The molecule has 6 nitrogen and oxygen atoms in total. The van der Waals surface area contributed by atoms with Gasteiger partial charge in [0, 0.05) is 18.6 Å². The highest BCUT2D eigenvalue weighted by Crippen LogP contribution is 2.49. The number of carbonyl (C=O) groups excluding carboxylic acids is 2. The van der Waals surface area contributed by atoms with Crippen LogP contribution in [0.25, 0.3) is 0 Å². The number of carbonyl (C=O) groups is 2. The van der Waals surface area contributed by atoms with Crippen LogP contribution >= 0.6 is 0 Å². The zero-order chi connectivity index (χ0) is 17.7. The molecule has 1 aliphatic carbocycles. The summed E-state index contributed by atoms with van der Waals surface area (Å²) in [6.45, 7) is 3.57. The Morgan fingerprint density at radius 2 is 1.83 bits per heavy atom. The second kappa shape index (κ2) is 7.38. The lowest BCUT2D eigenvalue weighted by Gasteiger charge is -2.29. The number of benzene rings is 1. The van der Waals surface area contributed by atoms with Gasteiger partial charge >= 0.3 is 5.97 Å². The zero-order valence-electron chi connectivity index (χ0n) is 14.2. The van der Waals surface area contributed by atoms with Crippen LogP contribution in [0, 0.1) is 0 Å². The first-order valence-corrected chi connectivity index (χ1v) is 7.67. The third-order valence-corrected chi connectivity index (χ3v) is 4.25. The molecule has 0 N–H and O–H groups in total. The molecule has 0 bridgehead atoms. The minimum absolute atomic E-state index is 0.0364. The van der Waals surface area contributed by atoms with Gasteiger partial charge in [0.25, 0.3) is 0 Å². The van der Waals surface area contributed by atoms with Crippen LogP contribution in [0.2, 0.25) is 0 Å². The van der Waals surface area contributed by atoms with Gasteiger partial charge in [0.2, 0.25) is 0 Å². The normalized spacial score (nSPS) is 19.7. The van der Waals surface area contributed by atoms with Crippen molar-refractivity contribution < 1.29 is 28.5 Å². The largest absolute Gasteiger partial charge is 0.496 e. The Bertz CT molecular complexity index is 626. The molecule has 1 aromatic carbocycles. The van der Waals surface area contributed by atoms with Gasteiger partial charge < -0.3 is 18.9 Å². The molecule has 0 amide bonds. The predicted molar refractivity (Wildman–Crippen MR) is 87.8 cm³/mol. The number of esters is 1.